The van der Waals surface area contributed by atoms with Gasteiger partial charge in [-0.3, -0.25) is 14.4 Å². The van der Waals surface area contributed by atoms with Gasteiger partial charge in [-0.1, -0.05) is 13.8 Å². The molecular formula is C16H26N6O5. The van der Waals surface area contributed by atoms with Crippen LogP contribution in [0.15, 0.2) is 12.5 Å². The van der Waals surface area contributed by atoms with Crippen LogP contribution in [0.3, 0.4) is 0 Å². The third kappa shape index (κ3) is 8.81. The van der Waals surface area contributed by atoms with Gasteiger partial charge < -0.3 is 31.8 Å². The van der Waals surface area contributed by atoms with E-state index in [0.717, 1.165) is 0 Å². The van der Waals surface area contributed by atoms with E-state index >= 15 is 0 Å². The van der Waals surface area contributed by atoms with Crippen molar-refractivity contribution in [2.24, 2.45) is 11.7 Å². The molecule has 1 heterocycles. The molecule has 150 valence electrons. The number of nitrogens with zero attached hydrogens (tertiary/aromatic N) is 1. The lowest BCUT2D eigenvalue weighted by atomic mass is 10.0. The molecule has 0 aliphatic heterocycles. The predicted molar refractivity (Wildman–Crippen MR) is 95.3 cm³/mol. The monoisotopic (exact) mass is 382 g/mol. The average Bonchev–Trinajstić information content (AvgIpc) is 3.09. The van der Waals surface area contributed by atoms with Crippen LogP contribution in [-0.4, -0.2) is 63.9 Å². The summed E-state index contributed by atoms with van der Waals surface area (Å²) in [6.07, 6.45) is 3.53. The Morgan fingerprint density at radius 3 is 2.41 bits per heavy atom. The molecule has 0 aliphatic carbocycles. The number of hydrogen-bond donors (Lipinski definition) is 6. The van der Waals surface area contributed by atoms with Crippen LogP contribution in [0.4, 0.5) is 0 Å². The van der Waals surface area contributed by atoms with Crippen molar-refractivity contribution in [2.45, 2.75) is 38.8 Å². The maximum atomic E-state index is 11.8. The summed E-state index contributed by atoms with van der Waals surface area (Å²) in [7, 11) is 0. The summed E-state index contributed by atoms with van der Waals surface area (Å²) < 4.78 is 0. The fourth-order valence-corrected chi connectivity index (χ4v) is 2.20. The molecule has 0 bridgehead atoms. The van der Waals surface area contributed by atoms with E-state index in [2.05, 4.69) is 25.9 Å². The molecule has 11 nitrogen and oxygen atoms in total. The minimum absolute atomic E-state index is 0.0853. The predicted octanol–water partition coefficient (Wildman–Crippen LogP) is -1.87. The van der Waals surface area contributed by atoms with Gasteiger partial charge in [0.1, 0.15) is 6.04 Å². The Labute approximate surface area is 156 Å². The van der Waals surface area contributed by atoms with Gasteiger partial charge in [0.25, 0.3) is 0 Å². The highest BCUT2D eigenvalue weighted by Gasteiger charge is 2.21. The van der Waals surface area contributed by atoms with Crippen LogP contribution in [0.25, 0.3) is 0 Å². The lowest BCUT2D eigenvalue weighted by molar-refractivity contribution is -0.142. The topological polar surface area (TPSA) is 179 Å². The fourth-order valence-electron chi connectivity index (χ4n) is 2.20. The molecule has 2 atom stereocenters. The van der Waals surface area contributed by atoms with Crippen LogP contribution in [0.5, 0.6) is 0 Å². The van der Waals surface area contributed by atoms with Crippen LogP contribution in [0, 0.1) is 5.92 Å². The van der Waals surface area contributed by atoms with Crippen molar-refractivity contribution in [3.63, 3.8) is 0 Å². The molecule has 0 saturated heterocycles. The summed E-state index contributed by atoms with van der Waals surface area (Å²) in [5.41, 5.74) is 6.42. The third-order valence-corrected chi connectivity index (χ3v) is 3.54. The first-order valence-corrected chi connectivity index (χ1v) is 8.48. The van der Waals surface area contributed by atoms with Gasteiger partial charge in [-0.25, -0.2) is 9.78 Å². The standard InChI is InChI=1S/C16H26N6O5/c1-9(2)3-12(16(26)27)22-14(24)7-19-13(23)6-20-15(25)11(17)4-10-5-18-8-21-10/h5,8-9,11-12H,3-4,6-7,17H2,1-2H3,(H,18,21)(H,19,23)(H,20,25)(H,22,24)(H,26,27). The molecule has 0 aromatic carbocycles. The molecule has 2 unspecified atom stereocenters. The second kappa shape index (κ2) is 10.9. The van der Waals surface area contributed by atoms with Crippen molar-refractivity contribution >= 4 is 23.7 Å². The van der Waals surface area contributed by atoms with Gasteiger partial charge in [-0.15, -0.1) is 0 Å². The van der Waals surface area contributed by atoms with Crippen molar-refractivity contribution in [1.29, 1.82) is 0 Å². The van der Waals surface area contributed by atoms with E-state index in [1.165, 1.54) is 6.33 Å². The van der Waals surface area contributed by atoms with Crippen LogP contribution in [0.2, 0.25) is 0 Å². The number of H-pyrrole nitrogens is 1. The Morgan fingerprint density at radius 2 is 1.85 bits per heavy atom. The number of imidazole rings is 1. The Kier molecular flexibility index (Phi) is 8.93. The Hall–Kier alpha value is -2.95. The highest BCUT2D eigenvalue weighted by atomic mass is 16.4. The van der Waals surface area contributed by atoms with Crippen molar-refractivity contribution < 1.29 is 24.3 Å². The number of aromatic nitrogens is 2. The van der Waals surface area contributed by atoms with Crippen molar-refractivity contribution in [2.75, 3.05) is 13.1 Å². The van der Waals surface area contributed by atoms with Crippen molar-refractivity contribution in [3.05, 3.63) is 18.2 Å². The van der Waals surface area contributed by atoms with E-state index in [4.69, 9.17) is 10.8 Å². The normalized spacial score (nSPS) is 12.9. The van der Waals surface area contributed by atoms with Gasteiger partial charge >= 0.3 is 5.97 Å². The number of carboxylic acids is 1. The highest BCUT2D eigenvalue weighted by molar-refractivity contribution is 5.90. The van der Waals surface area contributed by atoms with Gasteiger partial charge in [0.05, 0.1) is 25.5 Å². The molecule has 3 amide bonds. The SMILES string of the molecule is CC(C)CC(NC(=O)CNC(=O)CNC(=O)C(N)Cc1cnc[nH]1)C(=O)O. The summed E-state index contributed by atoms with van der Waals surface area (Å²) in [6, 6.07) is -1.87. The van der Waals surface area contributed by atoms with Crippen LogP contribution in [0.1, 0.15) is 26.0 Å². The van der Waals surface area contributed by atoms with E-state index < -0.39 is 42.3 Å². The zero-order chi connectivity index (χ0) is 20.4. The molecular weight excluding hydrogens is 356 g/mol. The molecule has 0 fully saturated rings. The van der Waals surface area contributed by atoms with E-state index in [9.17, 15) is 19.2 Å². The molecule has 1 aromatic rings. The third-order valence-electron chi connectivity index (χ3n) is 3.54. The second-order valence-corrected chi connectivity index (χ2v) is 6.47. The number of rotatable bonds is 11. The molecule has 7 N–H and O–H groups in total. The summed E-state index contributed by atoms with van der Waals surface area (Å²) in [5.74, 6) is -2.79. The van der Waals surface area contributed by atoms with E-state index in [0.29, 0.717) is 5.69 Å². The van der Waals surface area contributed by atoms with Gasteiger partial charge in [0, 0.05) is 18.3 Å². The first kappa shape index (κ1) is 22.1. The fraction of sp³-hybridized carbons (Fsp3) is 0.562. The molecule has 1 aromatic heterocycles. The van der Waals surface area contributed by atoms with Crippen LogP contribution in [-0.2, 0) is 25.6 Å². The number of carbonyl (C=O) groups is 4. The highest BCUT2D eigenvalue weighted by Crippen LogP contribution is 2.04. The number of nitrogens with two attached hydrogens (primary N) is 1. The van der Waals surface area contributed by atoms with E-state index in [1.54, 1.807) is 6.20 Å². The molecule has 0 aliphatic rings. The first-order chi connectivity index (χ1) is 12.7. The number of nitrogens with one attached hydrogen (secondary N) is 4. The van der Waals surface area contributed by atoms with Gasteiger partial charge in [-0.05, 0) is 12.3 Å². The average molecular weight is 382 g/mol. The maximum absolute atomic E-state index is 11.8. The molecule has 0 spiro atoms. The molecule has 1 rings (SSSR count). The van der Waals surface area contributed by atoms with Gasteiger partial charge in [0.2, 0.25) is 17.7 Å². The van der Waals surface area contributed by atoms with Crippen molar-refractivity contribution in [1.82, 2.24) is 25.9 Å². The maximum Gasteiger partial charge on any atom is 0.326 e. The molecule has 27 heavy (non-hydrogen) atoms. The molecule has 0 radical (unpaired) electrons. The number of hydrogen-bond acceptors (Lipinski definition) is 6. The van der Waals surface area contributed by atoms with E-state index in [-0.39, 0.29) is 25.3 Å². The van der Waals surface area contributed by atoms with Gasteiger partial charge in [-0.2, -0.15) is 0 Å². The number of carboxylic acid groups (broad SMARTS) is 1. The summed E-state index contributed by atoms with van der Waals surface area (Å²) in [4.78, 5) is 53.0. The zero-order valence-electron chi connectivity index (χ0n) is 15.3. The molecule has 11 heteroatoms. The van der Waals surface area contributed by atoms with Crippen molar-refractivity contribution in [3.8, 4) is 0 Å². The minimum Gasteiger partial charge on any atom is -0.480 e. The quantitative estimate of drug-likeness (QED) is 0.259. The number of aromatic amines is 1. The Bertz CT molecular complexity index is 646. The number of aliphatic carboxylic acids is 1. The summed E-state index contributed by atoms with van der Waals surface area (Å²) in [5, 5.41) is 16.1. The van der Waals surface area contributed by atoms with E-state index in [1.807, 2.05) is 13.8 Å². The first-order valence-electron chi connectivity index (χ1n) is 8.48. The van der Waals surface area contributed by atoms with Crippen LogP contribution >= 0.6 is 0 Å². The smallest absolute Gasteiger partial charge is 0.326 e. The van der Waals surface area contributed by atoms with Crippen LogP contribution < -0.4 is 21.7 Å². The Morgan fingerprint density at radius 1 is 1.19 bits per heavy atom. The zero-order valence-corrected chi connectivity index (χ0v) is 15.3. The molecule has 0 saturated carbocycles. The van der Waals surface area contributed by atoms with Gasteiger partial charge in [0.15, 0.2) is 0 Å². The second-order valence-electron chi connectivity index (χ2n) is 6.47. The lowest BCUT2D eigenvalue weighted by Gasteiger charge is -2.16. The number of amides is 3. The Balaban J connectivity index is 2.30. The number of carbonyl (C=O) groups excluding carboxylic acids is 3. The summed E-state index contributed by atoms with van der Waals surface area (Å²) in [6.45, 7) is 2.93. The summed E-state index contributed by atoms with van der Waals surface area (Å²) >= 11 is 0. The lowest BCUT2D eigenvalue weighted by Crippen LogP contribution is -2.49. The minimum atomic E-state index is -1.14. The largest absolute Gasteiger partial charge is 0.480 e.